The second kappa shape index (κ2) is 7.05. The topological polar surface area (TPSA) is 73.1 Å². The Kier molecular flexibility index (Phi) is 5.07. The van der Waals surface area contributed by atoms with Gasteiger partial charge in [-0.25, -0.2) is 4.57 Å². The molecule has 7 heteroatoms. The summed E-state index contributed by atoms with van der Waals surface area (Å²) in [6, 6.07) is 14.6. The Morgan fingerprint density at radius 1 is 1.17 bits per heavy atom. The smallest absolute Gasteiger partial charge is 0.357 e. The van der Waals surface area contributed by atoms with Crippen LogP contribution in [0.5, 0.6) is 0 Å². The van der Waals surface area contributed by atoms with Gasteiger partial charge in [0.05, 0.1) is 6.54 Å². The van der Waals surface area contributed by atoms with Crippen molar-refractivity contribution < 1.29 is 14.4 Å². The van der Waals surface area contributed by atoms with Crippen molar-refractivity contribution in [1.82, 2.24) is 4.90 Å². The van der Waals surface area contributed by atoms with Crippen LogP contribution in [0.4, 0.5) is 0 Å². The first-order valence-electron chi connectivity index (χ1n) is 7.48. The Hall–Kier alpha value is -1.33. The fourth-order valence-corrected chi connectivity index (χ4v) is 4.32. The van der Waals surface area contributed by atoms with Gasteiger partial charge in [0.15, 0.2) is 0 Å². The van der Waals surface area contributed by atoms with E-state index in [1.807, 2.05) is 12.1 Å². The van der Waals surface area contributed by atoms with Gasteiger partial charge in [-0.2, -0.15) is 0 Å². The molecule has 0 amide bonds. The molecule has 0 aromatic heterocycles. The first-order valence-corrected chi connectivity index (χ1v) is 10.7. The van der Waals surface area contributed by atoms with Crippen LogP contribution in [-0.4, -0.2) is 45.9 Å². The summed E-state index contributed by atoms with van der Waals surface area (Å²) >= 11 is 0.701. The SMILES string of the molecule is O=P(O)(O)SCCN1CCN=C1Cc1cccc2ccccc12. The molecule has 0 unspecified atom stereocenters. The highest BCUT2D eigenvalue weighted by Crippen LogP contribution is 2.49. The van der Waals surface area contributed by atoms with Crippen LogP contribution in [0.25, 0.3) is 10.8 Å². The predicted molar refractivity (Wildman–Crippen MR) is 96.0 cm³/mol. The molecule has 0 fully saturated rings. The molecular weight excluding hydrogens is 331 g/mol. The lowest BCUT2D eigenvalue weighted by molar-refractivity contribution is 0.396. The second-order valence-electron chi connectivity index (χ2n) is 5.42. The molecule has 0 bridgehead atoms. The van der Waals surface area contributed by atoms with Gasteiger partial charge in [-0.05, 0) is 27.7 Å². The molecule has 122 valence electrons. The van der Waals surface area contributed by atoms with Crippen LogP contribution in [0.3, 0.4) is 0 Å². The van der Waals surface area contributed by atoms with Gasteiger partial charge < -0.3 is 14.7 Å². The second-order valence-corrected chi connectivity index (χ2v) is 9.27. The molecule has 0 aliphatic carbocycles. The van der Waals surface area contributed by atoms with Crippen molar-refractivity contribution in [3.8, 4) is 0 Å². The Balaban J connectivity index is 1.70. The number of rotatable bonds is 6. The van der Waals surface area contributed by atoms with Gasteiger partial charge in [-0.3, -0.25) is 4.99 Å². The Labute approximate surface area is 139 Å². The molecule has 3 rings (SSSR count). The maximum atomic E-state index is 10.9. The largest absolute Gasteiger partial charge is 0.384 e. The van der Waals surface area contributed by atoms with Crippen molar-refractivity contribution in [3.05, 3.63) is 48.0 Å². The lowest BCUT2D eigenvalue weighted by atomic mass is 10.0. The van der Waals surface area contributed by atoms with E-state index in [4.69, 9.17) is 9.79 Å². The molecule has 0 radical (unpaired) electrons. The van der Waals surface area contributed by atoms with E-state index < -0.39 is 6.80 Å². The molecule has 0 saturated heterocycles. The summed E-state index contributed by atoms with van der Waals surface area (Å²) in [5, 5.41) is 2.45. The number of benzene rings is 2. The van der Waals surface area contributed by atoms with Crippen molar-refractivity contribution in [2.24, 2.45) is 4.99 Å². The minimum atomic E-state index is -3.99. The summed E-state index contributed by atoms with van der Waals surface area (Å²) < 4.78 is 10.9. The maximum absolute atomic E-state index is 10.9. The van der Waals surface area contributed by atoms with Gasteiger partial charge in [0, 0.05) is 25.3 Å². The zero-order valence-electron chi connectivity index (χ0n) is 12.6. The van der Waals surface area contributed by atoms with Crippen molar-refractivity contribution in [3.63, 3.8) is 0 Å². The third-order valence-electron chi connectivity index (χ3n) is 3.88. The Morgan fingerprint density at radius 2 is 1.96 bits per heavy atom. The molecule has 2 aromatic rings. The van der Waals surface area contributed by atoms with E-state index in [0.29, 0.717) is 23.7 Å². The van der Waals surface area contributed by atoms with Crippen LogP contribution in [0, 0.1) is 0 Å². The van der Waals surface area contributed by atoms with Gasteiger partial charge in [-0.1, -0.05) is 42.5 Å². The van der Waals surface area contributed by atoms with E-state index in [1.54, 1.807) is 0 Å². The number of nitrogens with zero attached hydrogens (tertiary/aromatic N) is 2. The van der Waals surface area contributed by atoms with Crippen molar-refractivity contribution in [1.29, 1.82) is 0 Å². The van der Waals surface area contributed by atoms with E-state index in [0.717, 1.165) is 25.3 Å². The number of hydrogen-bond acceptors (Lipinski definition) is 4. The van der Waals surface area contributed by atoms with Gasteiger partial charge in [0.1, 0.15) is 5.84 Å². The van der Waals surface area contributed by atoms with Crippen molar-refractivity contribution >= 4 is 34.8 Å². The summed E-state index contributed by atoms with van der Waals surface area (Å²) in [7, 11) is 0. The van der Waals surface area contributed by atoms with Gasteiger partial charge in [-0.15, -0.1) is 0 Å². The molecule has 5 nitrogen and oxygen atoms in total. The molecular formula is C16H19N2O3PS. The van der Waals surface area contributed by atoms with Crippen LogP contribution in [-0.2, 0) is 11.0 Å². The van der Waals surface area contributed by atoms with Crippen LogP contribution in [0.2, 0.25) is 0 Å². The van der Waals surface area contributed by atoms with E-state index in [9.17, 15) is 4.57 Å². The van der Waals surface area contributed by atoms with E-state index in [-0.39, 0.29) is 0 Å². The third kappa shape index (κ3) is 4.36. The zero-order valence-corrected chi connectivity index (χ0v) is 14.3. The first kappa shape index (κ1) is 16.5. The van der Waals surface area contributed by atoms with Gasteiger partial charge in [0.2, 0.25) is 0 Å². The molecule has 2 aromatic carbocycles. The fourth-order valence-electron chi connectivity index (χ4n) is 2.82. The van der Waals surface area contributed by atoms with Crippen LogP contribution >= 0.6 is 18.2 Å². The Morgan fingerprint density at radius 3 is 2.78 bits per heavy atom. The number of aliphatic imine (C=N–C) groups is 1. The monoisotopic (exact) mass is 350 g/mol. The van der Waals surface area contributed by atoms with E-state index in [2.05, 4.69) is 40.2 Å². The highest BCUT2D eigenvalue weighted by molar-refractivity contribution is 8.54. The highest BCUT2D eigenvalue weighted by atomic mass is 32.7. The van der Waals surface area contributed by atoms with Crippen molar-refractivity contribution in [2.75, 3.05) is 25.4 Å². The number of hydrogen-bond donors (Lipinski definition) is 2. The summed E-state index contributed by atoms with van der Waals surface area (Å²) in [6.07, 6.45) is 0.752. The van der Waals surface area contributed by atoms with E-state index >= 15 is 0 Å². The molecule has 0 atom stereocenters. The van der Waals surface area contributed by atoms with Crippen molar-refractivity contribution in [2.45, 2.75) is 6.42 Å². The molecule has 23 heavy (non-hydrogen) atoms. The quantitative estimate of drug-likeness (QED) is 0.784. The zero-order chi connectivity index (χ0) is 16.3. The third-order valence-corrected chi connectivity index (χ3v) is 6.14. The summed E-state index contributed by atoms with van der Waals surface area (Å²) in [5.41, 5.74) is 1.23. The van der Waals surface area contributed by atoms with Gasteiger partial charge in [0.25, 0.3) is 0 Å². The molecule has 1 aliphatic heterocycles. The summed E-state index contributed by atoms with van der Waals surface area (Å²) in [6.45, 7) is -1.81. The minimum absolute atomic E-state index is 0.402. The lowest BCUT2D eigenvalue weighted by Crippen LogP contribution is -2.31. The molecule has 2 N–H and O–H groups in total. The molecule has 0 spiro atoms. The predicted octanol–water partition coefficient (Wildman–Crippen LogP) is 2.92. The Bertz CT molecular complexity index is 770. The summed E-state index contributed by atoms with van der Waals surface area (Å²) in [5.74, 6) is 1.41. The normalized spacial score (nSPS) is 15.2. The molecule has 1 heterocycles. The van der Waals surface area contributed by atoms with E-state index in [1.165, 1.54) is 16.3 Å². The maximum Gasteiger partial charge on any atom is 0.384 e. The van der Waals surface area contributed by atoms with Crippen LogP contribution in [0.15, 0.2) is 47.5 Å². The number of fused-ring (bicyclic) bond motifs is 1. The average Bonchev–Trinajstić information content (AvgIpc) is 2.94. The molecule has 1 aliphatic rings. The molecule has 0 saturated carbocycles. The fraction of sp³-hybridized carbons (Fsp3) is 0.312. The van der Waals surface area contributed by atoms with Crippen LogP contribution < -0.4 is 0 Å². The summed E-state index contributed by atoms with van der Waals surface area (Å²) in [4.78, 5) is 24.6. The lowest BCUT2D eigenvalue weighted by Gasteiger charge is -2.20. The standard InChI is InChI=1S/C16H19N2O3PS/c19-22(20,21)23-11-10-18-9-8-17-16(18)12-14-6-3-5-13-4-1-2-7-15(13)14/h1-7H,8-12H2,(H2,19,20,21). The average molecular weight is 350 g/mol. The number of amidine groups is 1. The first-order chi connectivity index (χ1) is 11.0. The van der Waals surface area contributed by atoms with Gasteiger partial charge >= 0.3 is 6.80 Å². The highest BCUT2D eigenvalue weighted by Gasteiger charge is 2.20. The van der Waals surface area contributed by atoms with Crippen LogP contribution in [0.1, 0.15) is 5.56 Å². The minimum Gasteiger partial charge on any atom is -0.357 e.